The lowest BCUT2D eigenvalue weighted by molar-refractivity contribution is 0.0786. The van der Waals surface area contributed by atoms with E-state index in [9.17, 15) is 5.11 Å². The zero-order chi connectivity index (χ0) is 20.9. The van der Waals surface area contributed by atoms with Gasteiger partial charge in [-0.3, -0.25) is 0 Å². The van der Waals surface area contributed by atoms with Crippen LogP contribution in [0.15, 0.2) is 67.3 Å². The summed E-state index contributed by atoms with van der Waals surface area (Å²) in [6.07, 6.45) is 7.70. The van der Waals surface area contributed by atoms with Crippen LogP contribution in [0.4, 0.5) is 11.5 Å². The van der Waals surface area contributed by atoms with Crippen LogP contribution in [0.3, 0.4) is 0 Å². The maximum absolute atomic E-state index is 10.2. The molecule has 0 bridgehead atoms. The number of nitrogens with one attached hydrogen (secondary N) is 2. The Morgan fingerprint density at radius 1 is 1.10 bits per heavy atom. The molecule has 3 heterocycles. The van der Waals surface area contributed by atoms with E-state index in [1.165, 1.54) is 10.9 Å². The second kappa shape index (κ2) is 6.71. The van der Waals surface area contributed by atoms with E-state index in [1.807, 2.05) is 47.3 Å². The highest BCUT2D eigenvalue weighted by Gasteiger charge is 2.16. The number of rotatable bonds is 4. The number of imidazole rings is 1. The van der Waals surface area contributed by atoms with E-state index < -0.39 is 5.60 Å². The lowest BCUT2D eigenvalue weighted by Crippen LogP contribution is -2.15. The number of nitrogens with zero attached hydrogens (tertiary/aromatic N) is 3. The van der Waals surface area contributed by atoms with E-state index in [0.29, 0.717) is 5.82 Å². The summed E-state index contributed by atoms with van der Waals surface area (Å²) in [4.78, 5) is 12.6. The van der Waals surface area contributed by atoms with Crippen LogP contribution in [0.1, 0.15) is 25.0 Å². The second-order valence-corrected chi connectivity index (χ2v) is 8.13. The van der Waals surface area contributed by atoms with E-state index in [0.717, 1.165) is 33.7 Å². The highest BCUT2D eigenvalue weighted by atomic mass is 16.3. The quantitative estimate of drug-likeness (QED) is 0.392. The number of aromatic nitrogens is 4. The molecule has 5 rings (SSSR count). The molecule has 0 aliphatic heterocycles. The molecule has 6 heteroatoms. The van der Waals surface area contributed by atoms with Gasteiger partial charge in [0.15, 0.2) is 11.5 Å². The third kappa shape index (κ3) is 3.21. The van der Waals surface area contributed by atoms with E-state index >= 15 is 0 Å². The summed E-state index contributed by atoms with van der Waals surface area (Å²) < 4.78 is 1.98. The molecule has 0 radical (unpaired) electrons. The molecule has 0 amide bonds. The van der Waals surface area contributed by atoms with Crippen molar-refractivity contribution in [1.82, 2.24) is 19.4 Å². The molecule has 0 aliphatic rings. The van der Waals surface area contributed by atoms with Crippen LogP contribution in [0.25, 0.3) is 27.8 Å². The molecule has 3 aromatic heterocycles. The van der Waals surface area contributed by atoms with E-state index in [4.69, 9.17) is 4.98 Å². The predicted molar refractivity (Wildman–Crippen MR) is 120 cm³/mol. The smallest absolute Gasteiger partial charge is 0.180 e. The fourth-order valence-corrected chi connectivity index (χ4v) is 3.67. The summed E-state index contributed by atoms with van der Waals surface area (Å²) in [6, 6.07) is 14.0. The van der Waals surface area contributed by atoms with Gasteiger partial charge in [-0.2, -0.15) is 0 Å². The molecule has 150 valence electrons. The zero-order valence-corrected chi connectivity index (χ0v) is 17.1. The van der Waals surface area contributed by atoms with Gasteiger partial charge in [-0.1, -0.05) is 18.2 Å². The lowest BCUT2D eigenvalue weighted by Gasteiger charge is -2.18. The Bertz CT molecular complexity index is 1360. The summed E-state index contributed by atoms with van der Waals surface area (Å²) in [5, 5.41) is 14.8. The molecule has 30 heavy (non-hydrogen) atoms. The summed E-state index contributed by atoms with van der Waals surface area (Å²) >= 11 is 0. The minimum atomic E-state index is -0.873. The standard InChI is InChI=1S/C24H23N5O/c1-15-13-26-20-9-4-16(12-19(15)20)21-14-29-11-10-25-23(29)22(28-21)27-18-7-5-17(6-8-18)24(2,3)30/h4-14,26,30H,1-3H3,(H,27,28). The van der Waals surface area contributed by atoms with Crippen LogP contribution < -0.4 is 5.32 Å². The highest BCUT2D eigenvalue weighted by Crippen LogP contribution is 2.29. The van der Waals surface area contributed by atoms with Crippen molar-refractivity contribution in [3.05, 3.63) is 78.4 Å². The Morgan fingerprint density at radius 2 is 1.90 bits per heavy atom. The SMILES string of the molecule is Cc1c[nH]c2ccc(-c3cn4ccnc4c(Nc4ccc(C(C)(C)O)cc4)n3)cc12. The molecule has 0 spiro atoms. The molecule has 2 aromatic carbocycles. The fourth-order valence-electron chi connectivity index (χ4n) is 3.67. The number of hydrogen-bond donors (Lipinski definition) is 3. The number of benzene rings is 2. The number of aryl methyl sites for hydroxylation is 1. The van der Waals surface area contributed by atoms with Crippen molar-refractivity contribution in [1.29, 1.82) is 0 Å². The van der Waals surface area contributed by atoms with Crippen LogP contribution in [0.2, 0.25) is 0 Å². The average Bonchev–Trinajstić information content (AvgIpc) is 3.34. The second-order valence-electron chi connectivity index (χ2n) is 8.13. The molecule has 3 N–H and O–H groups in total. The number of hydrogen-bond acceptors (Lipinski definition) is 4. The van der Waals surface area contributed by atoms with Crippen molar-refractivity contribution in [3.8, 4) is 11.3 Å². The van der Waals surface area contributed by atoms with Gasteiger partial charge in [0, 0.05) is 46.9 Å². The molecule has 0 saturated heterocycles. The van der Waals surface area contributed by atoms with Gasteiger partial charge in [0.05, 0.1) is 11.3 Å². The van der Waals surface area contributed by atoms with Gasteiger partial charge in [-0.25, -0.2) is 9.97 Å². The number of aliphatic hydroxyl groups is 1. The van der Waals surface area contributed by atoms with E-state index in [-0.39, 0.29) is 0 Å². The average molecular weight is 397 g/mol. The van der Waals surface area contributed by atoms with E-state index in [2.05, 4.69) is 40.4 Å². The largest absolute Gasteiger partial charge is 0.386 e. The van der Waals surface area contributed by atoms with Crippen LogP contribution in [0.5, 0.6) is 0 Å². The molecule has 6 nitrogen and oxygen atoms in total. The number of aromatic amines is 1. The normalized spacial score (nSPS) is 12.0. The Hall–Kier alpha value is -3.64. The van der Waals surface area contributed by atoms with Gasteiger partial charge in [0.2, 0.25) is 0 Å². The van der Waals surface area contributed by atoms with Crippen molar-refractivity contribution in [3.63, 3.8) is 0 Å². The summed E-state index contributed by atoms with van der Waals surface area (Å²) in [5.74, 6) is 0.680. The zero-order valence-electron chi connectivity index (χ0n) is 17.1. The Balaban J connectivity index is 1.56. The van der Waals surface area contributed by atoms with Gasteiger partial charge < -0.3 is 19.8 Å². The van der Waals surface area contributed by atoms with Crippen LogP contribution in [-0.4, -0.2) is 24.5 Å². The van der Waals surface area contributed by atoms with Crippen molar-refractivity contribution >= 4 is 28.1 Å². The maximum atomic E-state index is 10.2. The molecular formula is C24H23N5O. The van der Waals surface area contributed by atoms with Gasteiger partial charge in [0.25, 0.3) is 0 Å². The Kier molecular flexibility index (Phi) is 4.11. The Labute approximate surface area is 174 Å². The van der Waals surface area contributed by atoms with E-state index in [1.54, 1.807) is 20.0 Å². The van der Waals surface area contributed by atoms with Crippen molar-refractivity contribution < 1.29 is 5.11 Å². The first-order valence-corrected chi connectivity index (χ1v) is 9.90. The Morgan fingerprint density at radius 3 is 2.67 bits per heavy atom. The maximum Gasteiger partial charge on any atom is 0.180 e. The van der Waals surface area contributed by atoms with Crippen LogP contribution in [0, 0.1) is 6.92 Å². The molecule has 0 saturated carbocycles. The number of H-pyrrole nitrogens is 1. The topological polar surface area (TPSA) is 78.2 Å². The fraction of sp³-hybridized carbons (Fsp3) is 0.167. The van der Waals surface area contributed by atoms with Gasteiger partial charge in [-0.15, -0.1) is 0 Å². The molecule has 0 fully saturated rings. The lowest BCUT2D eigenvalue weighted by atomic mass is 9.98. The molecule has 5 aromatic rings. The van der Waals surface area contributed by atoms with Gasteiger partial charge >= 0.3 is 0 Å². The third-order valence-electron chi connectivity index (χ3n) is 5.41. The molecule has 0 atom stereocenters. The van der Waals surface area contributed by atoms with Crippen LogP contribution in [-0.2, 0) is 5.60 Å². The number of anilines is 2. The van der Waals surface area contributed by atoms with Gasteiger partial charge in [-0.05, 0) is 56.2 Å². The van der Waals surface area contributed by atoms with Crippen molar-refractivity contribution in [2.24, 2.45) is 0 Å². The molecule has 0 aliphatic carbocycles. The monoisotopic (exact) mass is 397 g/mol. The first-order chi connectivity index (χ1) is 14.4. The molecular weight excluding hydrogens is 374 g/mol. The first-order valence-electron chi connectivity index (χ1n) is 9.90. The van der Waals surface area contributed by atoms with Crippen molar-refractivity contribution in [2.75, 3.05) is 5.32 Å². The van der Waals surface area contributed by atoms with Crippen molar-refractivity contribution in [2.45, 2.75) is 26.4 Å². The van der Waals surface area contributed by atoms with Gasteiger partial charge in [0.1, 0.15) is 0 Å². The third-order valence-corrected chi connectivity index (χ3v) is 5.41. The highest BCUT2D eigenvalue weighted by molar-refractivity contribution is 5.87. The number of fused-ring (bicyclic) bond motifs is 2. The summed E-state index contributed by atoms with van der Waals surface area (Å²) in [6.45, 7) is 5.65. The summed E-state index contributed by atoms with van der Waals surface area (Å²) in [5.41, 5.74) is 5.85. The molecule has 0 unspecified atom stereocenters. The predicted octanol–water partition coefficient (Wildman–Crippen LogP) is 5.16. The minimum absolute atomic E-state index is 0.680. The minimum Gasteiger partial charge on any atom is -0.386 e. The first kappa shape index (κ1) is 18.4. The summed E-state index contributed by atoms with van der Waals surface area (Å²) in [7, 11) is 0. The van der Waals surface area contributed by atoms with Crippen LogP contribution >= 0.6 is 0 Å².